The van der Waals surface area contributed by atoms with E-state index in [1.165, 1.54) is 0 Å². The van der Waals surface area contributed by atoms with Crippen molar-refractivity contribution in [3.63, 3.8) is 0 Å². The van der Waals surface area contributed by atoms with Gasteiger partial charge in [-0.05, 0) is 24.6 Å². The number of anilines is 1. The molecule has 2 rings (SSSR count). The largest absolute Gasteiger partial charge is 0.496 e. The van der Waals surface area contributed by atoms with Crippen LogP contribution >= 0.6 is 0 Å². The minimum Gasteiger partial charge on any atom is -0.496 e. The van der Waals surface area contributed by atoms with Crippen LogP contribution in [0.5, 0.6) is 11.6 Å². The van der Waals surface area contributed by atoms with Crippen LogP contribution in [0, 0.1) is 0 Å². The van der Waals surface area contributed by atoms with Crippen LogP contribution in [0.25, 0.3) is 0 Å². The van der Waals surface area contributed by atoms with Crippen LogP contribution in [-0.4, -0.2) is 25.6 Å². The smallest absolute Gasteiger partial charge is 0.221 e. The third-order valence-electron chi connectivity index (χ3n) is 3.20. The second kappa shape index (κ2) is 14.5. The van der Waals surface area contributed by atoms with Crippen LogP contribution in [0.4, 0.5) is 5.69 Å². The van der Waals surface area contributed by atoms with Crippen molar-refractivity contribution in [2.75, 3.05) is 19.5 Å². The molecule has 2 aromatic rings. The van der Waals surface area contributed by atoms with Crippen molar-refractivity contribution >= 4 is 12.1 Å². The van der Waals surface area contributed by atoms with E-state index in [1.807, 2.05) is 57.3 Å². The van der Waals surface area contributed by atoms with Crippen LogP contribution in [0.15, 0.2) is 36.4 Å². The molecule has 7 heteroatoms. The normalized spacial score (nSPS) is 8.85. The summed E-state index contributed by atoms with van der Waals surface area (Å²) < 4.78 is 11.2. The molecule has 0 aliphatic rings. The fourth-order valence-electron chi connectivity index (χ4n) is 2.02. The van der Waals surface area contributed by atoms with E-state index in [1.54, 1.807) is 12.5 Å². The van der Waals surface area contributed by atoms with Crippen molar-refractivity contribution in [1.29, 1.82) is 0 Å². The van der Waals surface area contributed by atoms with Gasteiger partial charge in [0, 0.05) is 24.5 Å². The van der Waals surface area contributed by atoms with Crippen molar-refractivity contribution in [1.82, 2.24) is 10.4 Å². The number of aryl methyl sites for hydroxylation is 1. The van der Waals surface area contributed by atoms with Crippen LogP contribution in [0.2, 0.25) is 0 Å². The number of rotatable bonds is 7. The number of carbonyl (C=O) groups is 1. The Hall–Kier alpha value is -2.80. The number of amides is 1. The highest BCUT2D eigenvalue weighted by molar-refractivity contribution is 5.57. The molecule has 7 nitrogen and oxygen atoms in total. The van der Waals surface area contributed by atoms with Crippen molar-refractivity contribution in [2.24, 2.45) is 5.84 Å². The summed E-state index contributed by atoms with van der Waals surface area (Å²) in [6, 6.07) is 11.7. The monoisotopic (exact) mass is 362 g/mol. The number of aromatic nitrogens is 1. The molecule has 0 aliphatic carbocycles. The Morgan fingerprint density at radius 1 is 1.19 bits per heavy atom. The quantitative estimate of drug-likeness (QED) is 0.303. The molecular weight excluding hydrogens is 332 g/mol. The highest BCUT2D eigenvalue weighted by Gasteiger charge is 2.09. The van der Waals surface area contributed by atoms with E-state index in [9.17, 15) is 0 Å². The van der Waals surface area contributed by atoms with Crippen LogP contribution < -0.4 is 26.1 Å². The summed E-state index contributed by atoms with van der Waals surface area (Å²) >= 11 is 0. The maximum atomic E-state index is 8.94. The number of nitrogens with two attached hydrogens (primary N) is 1. The van der Waals surface area contributed by atoms with Gasteiger partial charge in [0.1, 0.15) is 12.4 Å². The summed E-state index contributed by atoms with van der Waals surface area (Å²) in [7, 11) is 3.54. The van der Waals surface area contributed by atoms with Crippen molar-refractivity contribution in [3.8, 4) is 11.6 Å². The van der Waals surface area contributed by atoms with Gasteiger partial charge in [0.25, 0.3) is 0 Å². The first-order chi connectivity index (χ1) is 12.7. The number of benzene rings is 1. The molecule has 144 valence electrons. The molecule has 1 aromatic heterocycles. The SMILES string of the molecule is CC.CCc1cccc(OCc2c(NC)cccc2OC)n1.NNC=O. The average molecular weight is 362 g/mol. The lowest BCUT2D eigenvalue weighted by Crippen LogP contribution is -2.18. The van der Waals surface area contributed by atoms with Gasteiger partial charge < -0.3 is 14.8 Å². The topological polar surface area (TPSA) is 98.5 Å². The van der Waals surface area contributed by atoms with E-state index < -0.39 is 0 Å². The molecule has 0 saturated carbocycles. The zero-order valence-electron chi connectivity index (χ0n) is 16.2. The molecule has 0 unspecified atom stereocenters. The molecule has 1 amide bonds. The number of carbonyl (C=O) groups excluding carboxylic acids is 1. The zero-order valence-corrected chi connectivity index (χ0v) is 16.2. The number of methoxy groups -OCH3 is 1. The van der Waals surface area contributed by atoms with Gasteiger partial charge in [-0.25, -0.2) is 10.8 Å². The number of hydrazine groups is 1. The van der Waals surface area contributed by atoms with Crippen LogP contribution in [-0.2, 0) is 17.8 Å². The predicted octanol–water partition coefficient (Wildman–Crippen LogP) is 2.91. The molecular formula is C19H30N4O3. The van der Waals surface area contributed by atoms with Gasteiger partial charge in [-0.15, -0.1) is 0 Å². The van der Waals surface area contributed by atoms with E-state index in [-0.39, 0.29) is 0 Å². The first-order valence-corrected chi connectivity index (χ1v) is 8.52. The molecule has 0 radical (unpaired) electrons. The van der Waals surface area contributed by atoms with Gasteiger partial charge in [0.2, 0.25) is 12.3 Å². The Balaban J connectivity index is 0.000000920. The van der Waals surface area contributed by atoms with E-state index in [4.69, 9.17) is 14.3 Å². The van der Waals surface area contributed by atoms with E-state index in [2.05, 4.69) is 23.1 Å². The summed E-state index contributed by atoms with van der Waals surface area (Å²) in [5, 5.41) is 3.15. The first-order valence-electron chi connectivity index (χ1n) is 8.52. The molecule has 0 aliphatic heterocycles. The standard InChI is InChI=1S/C16H20N2O2.C2H6.CH4N2O/c1-4-12-7-5-10-16(18-12)20-11-13-14(17-2)8-6-9-15(13)19-3;1-2;2-3-1-4/h5-10,17H,4,11H2,1-3H3;1-2H3;1H,2H2,(H,3,4). The third-order valence-corrected chi connectivity index (χ3v) is 3.20. The van der Waals surface area contributed by atoms with Crippen molar-refractivity contribution in [2.45, 2.75) is 33.8 Å². The lowest BCUT2D eigenvalue weighted by Gasteiger charge is -2.14. The first kappa shape index (κ1) is 23.2. The van der Waals surface area contributed by atoms with Gasteiger partial charge in [0.15, 0.2) is 0 Å². The highest BCUT2D eigenvalue weighted by Crippen LogP contribution is 2.27. The Morgan fingerprint density at radius 2 is 1.85 bits per heavy atom. The lowest BCUT2D eigenvalue weighted by atomic mass is 10.1. The number of nitrogens with zero attached hydrogens (tertiary/aromatic N) is 1. The molecule has 0 spiro atoms. The van der Waals surface area contributed by atoms with Gasteiger partial charge in [0.05, 0.1) is 12.7 Å². The van der Waals surface area contributed by atoms with E-state index in [0.29, 0.717) is 18.9 Å². The lowest BCUT2D eigenvalue weighted by molar-refractivity contribution is -0.109. The molecule has 0 atom stereocenters. The molecule has 0 saturated heterocycles. The van der Waals surface area contributed by atoms with Crippen LogP contribution in [0.3, 0.4) is 0 Å². The summed E-state index contributed by atoms with van der Waals surface area (Å²) in [6.45, 7) is 6.49. The fourth-order valence-corrected chi connectivity index (χ4v) is 2.02. The van der Waals surface area contributed by atoms with Gasteiger partial charge in [-0.1, -0.05) is 32.9 Å². The molecule has 0 bridgehead atoms. The molecule has 1 heterocycles. The Morgan fingerprint density at radius 3 is 2.38 bits per heavy atom. The second-order valence-corrected chi connectivity index (χ2v) is 4.63. The molecule has 0 fully saturated rings. The maximum Gasteiger partial charge on any atom is 0.221 e. The Kier molecular flexibility index (Phi) is 13.0. The van der Waals surface area contributed by atoms with Gasteiger partial charge in [-0.2, -0.15) is 0 Å². The minimum atomic E-state index is 0.403. The summed E-state index contributed by atoms with van der Waals surface area (Å²) in [5.74, 6) is 5.85. The summed E-state index contributed by atoms with van der Waals surface area (Å²) in [6.07, 6.45) is 1.30. The fraction of sp³-hybridized carbons (Fsp3) is 0.368. The van der Waals surface area contributed by atoms with Gasteiger partial charge in [-0.3, -0.25) is 10.2 Å². The molecule has 1 aromatic carbocycles. The van der Waals surface area contributed by atoms with Crippen molar-refractivity contribution < 1.29 is 14.3 Å². The zero-order chi connectivity index (χ0) is 19.8. The average Bonchev–Trinajstić information content (AvgIpc) is 2.73. The number of nitrogens with one attached hydrogen (secondary N) is 2. The molecule has 4 N–H and O–H groups in total. The summed E-state index contributed by atoms with van der Waals surface area (Å²) in [4.78, 5) is 13.4. The summed E-state index contributed by atoms with van der Waals surface area (Å²) in [5.41, 5.74) is 4.76. The van der Waals surface area contributed by atoms with Gasteiger partial charge >= 0.3 is 0 Å². The minimum absolute atomic E-state index is 0.403. The Labute approximate surface area is 155 Å². The van der Waals surface area contributed by atoms with E-state index >= 15 is 0 Å². The van der Waals surface area contributed by atoms with E-state index in [0.717, 1.165) is 29.1 Å². The number of hydrogen-bond acceptors (Lipinski definition) is 6. The number of pyridine rings is 1. The second-order valence-electron chi connectivity index (χ2n) is 4.63. The third kappa shape index (κ3) is 7.85. The molecule has 26 heavy (non-hydrogen) atoms. The number of hydrogen-bond donors (Lipinski definition) is 3. The highest BCUT2D eigenvalue weighted by atomic mass is 16.5. The Bertz CT molecular complexity index is 614. The predicted molar refractivity (Wildman–Crippen MR) is 105 cm³/mol. The van der Waals surface area contributed by atoms with Crippen LogP contribution in [0.1, 0.15) is 32.0 Å². The van der Waals surface area contributed by atoms with Crippen molar-refractivity contribution in [3.05, 3.63) is 47.7 Å². The number of ether oxygens (including phenoxy) is 2. The maximum absolute atomic E-state index is 8.94.